The van der Waals surface area contributed by atoms with Gasteiger partial charge in [0.05, 0.1) is 45.9 Å². The molecule has 1 aliphatic carbocycles. The Labute approximate surface area is 371 Å². The lowest BCUT2D eigenvalue weighted by Crippen LogP contribution is -2.48. The van der Waals surface area contributed by atoms with E-state index in [2.05, 4.69) is 55.7 Å². The molecule has 4 heterocycles. The van der Waals surface area contributed by atoms with Gasteiger partial charge in [0.2, 0.25) is 0 Å². The number of halogens is 2. The average Bonchev–Trinajstić information content (AvgIpc) is 3.66. The highest BCUT2D eigenvalue weighted by atomic mass is 35.5. The van der Waals surface area contributed by atoms with Gasteiger partial charge in [0.25, 0.3) is 21.6 Å². The normalized spacial score (nSPS) is 19.9. The number of hydrogen-bond acceptors (Lipinski definition) is 13. The van der Waals surface area contributed by atoms with Gasteiger partial charge in [0.15, 0.2) is 0 Å². The first-order valence-electron chi connectivity index (χ1n) is 20.7. The fourth-order valence-corrected chi connectivity index (χ4v) is 9.84. The Bertz CT molecular complexity index is 2490. The third-order valence-corrected chi connectivity index (χ3v) is 14.1. The molecule has 0 saturated carbocycles. The number of aromatic nitrogens is 1. The van der Waals surface area contributed by atoms with Gasteiger partial charge in [-0.25, -0.2) is 18.1 Å². The van der Waals surface area contributed by atoms with Crippen molar-refractivity contribution >= 4 is 67.6 Å². The number of nitrogen functional groups attached to an aromatic ring is 1. The molecule has 1 atom stereocenters. The van der Waals surface area contributed by atoms with Gasteiger partial charge in [-0.15, -0.1) is 0 Å². The molecule has 0 spiro atoms. The molecule has 8 rings (SSSR count). The highest BCUT2D eigenvalue weighted by molar-refractivity contribution is 7.90. The number of nitrogens with one attached hydrogen (secondary N) is 2. The van der Waals surface area contributed by atoms with E-state index in [1.54, 1.807) is 12.1 Å². The van der Waals surface area contributed by atoms with Crippen molar-refractivity contribution in [2.45, 2.75) is 56.5 Å². The molecular weight excluding hydrogens is 856 g/mol. The molecule has 4 N–H and O–H groups in total. The van der Waals surface area contributed by atoms with Crippen molar-refractivity contribution in [2.24, 2.45) is 5.41 Å². The Morgan fingerprint density at radius 3 is 2.48 bits per heavy atom. The zero-order valence-electron chi connectivity index (χ0n) is 34.6. The third-order valence-electron chi connectivity index (χ3n) is 12.2. The van der Waals surface area contributed by atoms with E-state index in [4.69, 9.17) is 38.4 Å². The molecule has 15 nitrogen and oxygen atoms in total. The number of nitrogens with two attached hydrogens (primary N) is 1. The number of carbonyl (C=O) groups is 1. The summed E-state index contributed by atoms with van der Waals surface area (Å²) >= 11 is 12.5. The fraction of sp³-hybridized carbons (Fsp3) is 0.409. The average molecular weight is 906 g/mol. The van der Waals surface area contributed by atoms with E-state index >= 15 is 0 Å². The summed E-state index contributed by atoms with van der Waals surface area (Å²) < 4.78 is 40.9. The number of pyridine rings is 1. The van der Waals surface area contributed by atoms with Gasteiger partial charge in [-0.3, -0.25) is 24.7 Å². The first-order valence-corrected chi connectivity index (χ1v) is 23.0. The molecular formula is C44H50Cl2N8O7S. The smallest absolute Gasteiger partial charge is 0.293 e. The monoisotopic (exact) mass is 904 g/mol. The summed E-state index contributed by atoms with van der Waals surface area (Å²) in [6, 6.07) is 18.3. The number of likely N-dealkylation sites (tertiary alicyclic amines) is 1. The van der Waals surface area contributed by atoms with Crippen LogP contribution in [0.3, 0.4) is 0 Å². The quantitative estimate of drug-likeness (QED) is 0.0888. The molecule has 1 unspecified atom stereocenters. The number of piperazine rings is 1. The molecule has 4 aliphatic rings. The highest BCUT2D eigenvalue weighted by Gasteiger charge is 2.34. The maximum Gasteiger partial charge on any atom is 0.293 e. The number of allylic oxidation sites excluding steroid dienone is 1. The molecule has 1 amide bonds. The molecule has 3 aromatic carbocycles. The molecule has 4 aromatic rings. The van der Waals surface area contributed by atoms with Crippen LogP contribution in [0.4, 0.5) is 22.9 Å². The molecule has 3 saturated heterocycles. The summed E-state index contributed by atoms with van der Waals surface area (Å²) in [5.41, 5.74) is 10.6. The molecule has 1 aromatic heterocycles. The topological polar surface area (TPSA) is 186 Å². The van der Waals surface area contributed by atoms with Gasteiger partial charge < -0.3 is 25.4 Å². The van der Waals surface area contributed by atoms with Crippen molar-refractivity contribution in [3.05, 3.63) is 110 Å². The van der Waals surface area contributed by atoms with Crippen LogP contribution >= 0.6 is 23.2 Å². The summed E-state index contributed by atoms with van der Waals surface area (Å²) in [7, 11) is -4.59. The first-order chi connectivity index (χ1) is 29.6. The van der Waals surface area contributed by atoms with Gasteiger partial charge in [-0.1, -0.05) is 54.8 Å². The predicted molar refractivity (Wildman–Crippen MR) is 241 cm³/mol. The van der Waals surface area contributed by atoms with Crippen LogP contribution in [-0.2, 0) is 14.8 Å². The largest absolute Gasteiger partial charge is 0.455 e. The number of hydrogen-bond donors (Lipinski definition) is 3. The Morgan fingerprint density at radius 2 is 1.79 bits per heavy atom. The lowest BCUT2D eigenvalue weighted by Gasteiger charge is -2.39. The second kappa shape index (κ2) is 18.0. The number of nitro groups is 1. The minimum atomic E-state index is -4.59. The van der Waals surface area contributed by atoms with Crippen LogP contribution in [0, 0.1) is 15.5 Å². The van der Waals surface area contributed by atoms with Crippen LogP contribution in [0.1, 0.15) is 55.5 Å². The van der Waals surface area contributed by atoms with Gasteiger partial charge in [-0.2, -0.15) is 0 Å². The fourth-order valence-electron chi connectivity index (χ4n) is 8.57. The number of benzene rings is 3. The minimum Gasteiger partial charge on any atom is -0.455 e. The van der Waals surface area contributed by atoms with Gasteiger partial charge in [-0.05, 0) is 78.6 Å². The summed E-state index contributed by atoms with van der Waals surface area (Å²) in [5, 5.41) is 16.3. The maximum atomic E-state index is 13.9. The lowest BCUT2D eigenvalue weighted by atomic mass is 9.72. The Kier molecular flexibility index (Phi) is 12.7. The molecule has 0 bridgehead atoms. The Hall–Kier alpha value is -4.97. The van der Waals surface area contributed by atoms with Crippen LogP contribution in [0.25, 0.3) is 5.57 Å². The van der Waals surface area contributed by atoms with Crippen LogP contribution in [-0.4, -0.2) is 105 Å². The summed E-state index contributed by atoms with van der Waals surface area (Å²) in [6.07, 6.45) is 5.28. The summed E-state index contributed by atoms with van der Waals surface area (Å²) in [6.45, 7) is 11.3. The predicted octanol–water partition coefficient (Wildman–Crippen LogP) is 7.46. The number of carbonyl (C=O) groups excluding carboxylic acids is 1. The highest BCUT2D eigenvalue weighted by Crippen LogP contribution is 2.43. The van der Waals surface area contributed by atoms with E-state index < -0.39 is 31.4 Å². The van der Waals surface area contributed by atoms with Crippen LogP contribution in [0.2, 0.25) is 10.0 Å². The summed E-state index contributed by atoms with van der Waals surface area (Å²) in [5.74, 6) is -0.685. The van der Waals surface area contributed by atoms with Crippen LogP contribution < -0.4 is 25.4 Å². The van der Waals surface area contributed by atoms with Crippen molar-refractivity contribution < 1.29 is 27.6 Å². The van der Waals surface area contributed by atoms with E-state index in [1.807, 2.05) is 12.1 Å². The van der Waals surface area contributed by atoms with E-state index in [-0.39, 0.29) is 45.0 Å². The van der Waals surface area contributed by atoms with Crippen molar-refractivity contribution in [2.75, 3.05) is 75.0 Å². The standard InChI is InChI=1S/C44H50Cl2N8O7S/c1-44(2)13-11-29(37(22-44)28-3-5-30(45)6-4-28)24-51-15-17-52(18-16-51)32-7-9-36(41(19-32)61-34-20-38(46)42(47)48-23-34)43(55)50-62(58,59)35-8-10-39(40(21-35)54(56)57)49-31-12-14-53(25-31)33-26-60-27-33/h3-10,19-21,23,31,33,49H,11-18,22,24-27H2,1-2H3,(H2,47,48)(H,50,55). The SMILES string of the molecule is CC1(C)CCC(CN2CCN(c3ccc(C(=O)NS(=O)(=O)c4ccc(NC5CCN(C6COC6)C5)c([N+](=O)[O-])c4)c(Oc4cnc(N)c(Cl)c4)c3)CC2)=C(c2ccc(Cl)cc2)C1. The number of ether oxygens (including phenoxy) is 2. The van der Waals surface area contributed by atoms with Gasteiger partial charge >= 0.3 is 0 Å². The lowest BCUT2D eigenvalue weighted by molar-refractivity contribution is -0.384. The van der Waals surface area contributed by atoms with E-state index in [0.717, 1.165) is 68.6 Å². The second-order valence-corrected chi connectivity index (χ2v) is 19.7. The Balaban J connectivity index is 0.986. The van der Waals surface area contributed by atoms with Crippen molar-refractivity contribution in [3.63, 3.8) is 0 Å². The number of rotatable bonds is 13. The maximum absolute atomic E-state index is 13.9. The van der Waals surface area contributed by atoms with Crippen LogP contribution in [0.5, 0.6) is 11.5 Å². The summed E-state index contributed by atoms with van der Waals surface area (Å²) in [4.78, 5) is 36.0. The number of nitrogens with zero attached hydrogens (tertiary/aromatic N) is 5. The second-order valence-electron chi connectivity index (χ2n) is 17.2. The van der Waals surface area contributed by atoms with Gasteiger partial charge in [0.1, 0.15) is 23.0 Å². The van der Waals surface area contributed by atoms with Crippen LogP contribution in [0.15, 0.2) is 83.4 Å². The zero-order valence-corrected chi connectivity index (χ0v) is 36.9. The zero-order chi connectivity index (χ0) is 43.8. The van der Waals surface area contributed by atoms with Crippen molar-refractivity contribution in [3.8, 4) is 11.5 Å². The van der Waals surface area contributed by atoms with Gasteiger partial charge in [0, 0.05) is 80.8 Å². The minimum absolute atomic E-state index is 0.0486. The molecule has 62 heavy (non-hydrogen) atoms. The molecule has 3 fully saturated rings. The van der Waals surface area contributed by atoms with Crippen molar-refractivity contribution in [1.29, 1.82) is 0 Å². The van der Waals surface area contributed by atoms with E-state index in [0.29, 0.717) is 38.9 Å². The van der Waals surface area contributed by atoms with Crippen molar-refractivity contribution in [1.82, 2.24) is 19.5 Å². The Morgan fingerprint density at radius 1 is 1.03 bits per heavy atom. The first kappa shape index (κ1) is 43.7. The number of sulfonamides is 1. The molecule has 328 valence electrons. The number of nitro benzene ring substituents is 1. The number of amides is 1. The molecule has 0 radical (unpaired) electrons. The van der Waals surface area contributed by atoms with E-state index in [1.165, 1.54) is 47.2 Å². The number of anilines is 3. The molecule has 18 heteroatoms. The molecule has 3 aliphatic heterocycles. The van der Waals surface area contributed by atoms with E-state index in [9.17, 15) is 23.3 Å². The third kappa shape index (κ3) is 9.96.